The lowest BCUT2D eigenvalue weighted by Crippen LogP contribution is -2.71. The summed E-state index contributed by atoms with van der Waals surface area (Å²) in [7, 11) is 1.28. The van der Waals surface area contributed by atoms with E-state index in [0.717, 1.165) is 0 Å². The summed E-state index contributed by atoms with van der Waals surface area (Å²) >= 11 is 1.38. The summed E-state index contributed by atoms with van der Waals surface area (Å²) < 4.78 is 0. The van der Waals surface area contributed by atoms with E-state index in [9.17, 15) is 19.5 Å². The van der Waals surface area contributed by atoms with E-state index in [2.05, 4.69) is 15.5 Å². The van der Waals surface area contributed by atoms with Crippen LogP contribution in [0.15, 0.2) is 34.6 Å². The van der Waals surface area contributed by atoms with Crippen molar-refractivity contribution in [2.24, 2.45) is 5.16 Å². The van der Waals surface area contributed by atoms with Crippen LogP contribution in [0.1, 0.15) is 12.6 Å². The molecule has 27 heavy (non-hydrogen) atoms. The number of rotatable bonds is 5. The predicted molar refractivity (Wildman–Crippen MR) is 97.6 cm³/mol. The number of carbonyl (C=O) groups excluding carboxylic acids is 2. The number of carboxylic acids is 1. The molecule has 0 aromatic carbocycles. The van der Waals surface area contributed by atoms with Crippen LogP contribution in [0.25, 0.3) is 0 Å². The van der Waals surface area contributed by atoms with Gasteiger partial charge in [-0.25, -0.2) is 9.78 Å². The van der Waals surface area contributed by atoms with Gasteiger partial charge in [-0.1, -0.05) is 11.2 Å². The molecule has 2 aliphatic rings. The third-order valence-electron chi connectivity index (χ3n) is 4.06. The minimum absolute atomic E-state index is 0.0301. The molecule has 1 aromatic rings. The second-order valence-electron chi connectivity index (χ2n) is 5.87. The smallest absolute Gasteiger partial charge is 0.352 e. The van der Waals surface area contributed by atoms with Crippen LogP contribution in [0.3, 0.4) is 0 Å². The third kappa shape index (κ3) is 3.33. The molecule has 2 atom stereocenters. The molecule has 0 aliphatic carbocycles. The first-order chi connectivity index (χ1) is 12.8. The number of nitrogen functional groups attached to an aromatic ring is 1. The lowest BCUT2D eigenvalue weighted by atomic mass is 10.0. The molecule has 142 valence electrons. The lowest BCUT2D eigenvalue weighted by Gasteiger charge is -2.49. The van der Waals surface area contributed by atoms with E-state index in [1.807, 2.05) is 0 Å². The fraction of sp³-hybridized carbons (Fsp3) is 0.312. The minimum Gasteiger partial charge on any atom is -0.477 e. The second-order valence-corrected chi connectivity index (χ2v) is 6.97. The van der Waals surface area contributed by atoms with E-state index in [1.165, 1.54) is 29.8 Å². The number of aliphatic carboxylic acids is 1. The van der Waals surface area contributed by atoms with Crippen LogP contribution in [0, 0.1) is 0 Å². The average molecular weight is 391 g/mol. The molecule has 2 amide bonds. The Kier molecular flexibility index (Phi) is 5.04. The minimum atomic E-state index is -1.17. The Balaban J connectivity index is 1.80. The van der Waals surface area contributed by atoms with Crippen LogP contribution in [0.2, 0.25) is 0 Å². The standard InChI is InChI=1S/C16H17N5O5S/c1-7-6-27-15-11(14(23)21(15)12(7)16(24)25)19-13(22)10(20-26-2)8-4-3-5-9(17)18-8/h3-5,11,15H,6H2,1-2H3,(H2,17,18)(H,19,22)(H,24,25)/t11?,15-/m0/s1. The van der Waals surface area contributed by atoms with Crippen LogP contribution in [0.5, 0.6) is 0 Å². The van der Waals surface area contributed by atoms with Crippen molar-refractivity contribution in [3.63, 3.8) is 0 Å². The van der Waals surface area contributed by atoms with Crippen molar-refractivity contribution in [3.05, 3.63) is 35.2 Å². The first-order valence-corrected chi connectivity index (χ1v) is 8.92. The van der Waals surface area contributed by atoms with E-state index in [-0.39, 0.29) is 22.9 Å². The number of anilines is 1. The van der Waals surface area contributed by atoms with E-state index in [1.54, 1.807) is 19.1 Å². The molecule has 3 heterocycles. The number of nitrogens with one attached hydrogen (secondary N) is 1. The van der Waals surface area contributed by atoms with Crippen LogP contribution in [0.4, 0.5) is 5.82 Å². The van der Waals surface area contributed by atoms with Crippen molar-refractivity contribution in [2.75, 3.05) is 18.6 Å². The highest BCUT2D eigenvalue weighted by Gasteiger charge is 2.54. The van der Waals surface area contributed by atoms with Crippen LogP contribution < -0.4 is 11.1 Å². The number of hydrogen-bond acceptors (Lipinski definition) is 8. The molecule has 0 bridgehead atoms. The Bertz CT molecular complexity index is 884. The van der Waals surface area contributed by atoms with Crippen LogP contribution in [-0.4, -0.2) is 62.8 Å². The summed E-state index contributed by atoms with van der Waals surface area (Å²) in [5, 5.41) is 15.1. The summed E-state index contributed by atoms with van der Waals surface area (Å²) in [4.78, 5) is 46.5. The Morgan fingerprint density at radius 3 is 2.85 bits per heavy atom. The van der Waals surface area contributed by atoms with Gasteiger partial charge in [0.15, 0.2) is 5.71 Å². The topological polar surface area (TPSA) is 147 Å². The van der Waals surface area contributed by atoms with Gasteiger partial charge < -0.3 is 21.0 Å². The molecular weight excluding hydrogens is 374 g/mol. The number of thioether (sulfide) groups is 1. The Hall–Kier alpha value is -3.08. The highest BCUT2D eigenvalue weighted by atomic mass is 32.2. The van der Waals surface area contributed by atoms with Crippen molar-refractivity contribution in [1.29, 1.82) is 0 Å². The van der Waals surface area contributed by atoms with Gasteiger partial charge in [-0.2, -0.15) is 0 Å². The molecule has 1 fully saturated rings. The maximum absolute atomic E-state index is 12.6. The number of carbonyl (C=O) groups is 3. The number of carboxylic acid groups (broad SMARTS) is 1. The molecule has 0 spiro atoms. The van der Waals surface area contributed by atoms with Gasteiger partial charge in [0.05, 0.1) is 0 Å². The molecular formula is C16H17N5O5S. The molecule has 3 rings (SSSR count). The van der Waals surface area contributed by atoms with E-state index in [0.29, 0.717) is 11.3 Å². The first-order valence-electron chi connectivity index (χ1n) is 7.87. The fourth-order valence-electron chi connectivity index (χ4n) is 2.86. The van der Waals surface area contributed by atoms with Crippen LogP contribution >= 0.6 is 11.8 Å². The summed E-state index contributed by atoms with van der Waals surface area (Å²) in [5.41, 5.74) is 6.26. The Labute approximate surface area is 158 Å². The van der Waals surface area contributed by atoms with Gasteiger partial charge in [0.25, 0.3) is 11.8 Å². The van der Waals surface area contributed by atoms with Gasteiger partial charge in [-0.05, 0) is 24.6 Å². The molecule has 1 saturated heterocycles. The third-order valence-corrected chi connectivity index (χ3v) is 5.48. The molecule has 4 N–H and O–H groups in total. The number of amides is 2. The molecule has 11 heteroatoms. The summed E-state index contributed by atoms with van der Waals surface area (Å²) in [6, 6.07) is 3.83. The monoisotopic (exact) mass is 391 g/mol. The number of β-lactam (4-membered cyclic amide) rings is 1. The Morgan fingerprint density at radius 2 is 2.22 bits per heavy atom. The van der Waals surface area contributed by atoms with Gasteiger partial charge in [-0.3, -0.25) is 14.5 Å². The highest BCUT2D eigenvalue weighted by molar-refractivity contribution is 8.00. The number of nitrogens with two attached hydrogens (primary N) is 1. The molecule has 2 aliphatic heterocycles. The molecule has 1 unspecified atom stereocenters. The summed E-state index contributed by atoms with van der Waals surface area (Å²) in [6.45, 7) is 1.67. The van der Waals surface area contributed by atoms with Gasteiger partial charge in [0.2, 0.25) is 0 Å². The zero-order valence-electron chi connectivity index (χ0n) is 14.5. The summed E-state index contributed by atoms with van der Waals surface area (Å²) in [6.07, 6.45) is 0. The second kappa shape index (κ2) is 7.27. The number of aromatic nitrogens is 1. The molecule has 0 radical (unpaired) electrons. The molecule has 0 saturated carbocycles. The van der Waals surface area contributed by atoms with Crippen molar-refractivity contribution in [3.8, 4) is 0 Å². The first kappa shape index (κ1) is 18.7. The largest absolute Gasteiger partial charge is 0.477 e. The predicted octanol–water partition coefficient (Wildman–Crippen LogP) is -0.227. The number of hydrogen-bond donors (Lipinski definition) is 3. The van der Waals surface area contributed by atoms with Crippen molar-refractivity contribution in [1.82, 2.24) is 15.2 Å². The van der Waals surface area contributed by atoms with Gasteiger partial charge >= 0.3 is 5.97 Å². The van der Waals surface area contributed by atoms with Gasteiger partial charge in [0.1, 0.15) is 35.7 Å². The van der Waals surface area contributed by atoms with Gasteiger partial charge in [-0.15, -0.1) is 11.8 Å². The van der Waals surface area contributed by atoms with E-state index >= 15 is 0 Å². The van der Waals surface area contributed by atoms with E-state index in [4.69, 9.17) is 10.6 Å². The van der Waals surface area contributed by atoms with Crippen molar-refractivity contribution < 1.29 is 24.3 Å². The number of pyridine rings is 1. The van der Waals surface area contributed by atoms with Crippen molar-refractivity contribution in [2.45, 2.75) is 18.3 Å². The number of oxime groups is 1. The summed E-state index contributed by atoms with van der Waals surface area (Å²) in [5.74, 6) is -1.67. The lowest BCUT2D eigenvalue weighted by molar-refractivity contribution is -0.150. The van der Waals surface area contributed by atoms with Crippen molar-refractivity contribution >= 4 is 41.1 Å². The molecule has 10 nitrogen and oxygen atoms in total. The normalized spacial score (nSPS) is 22.1. The van der Waals surface area contributed by atoms with Gasteiger partial charge in [0, 0.05) is 5.75 Å². The maximum Gasteiger partial charge on any atom is 0.352 e. The zero-order chi connectivity index (χ0) is 19.7. The quantitative estimate of drug-likeness (QED) is 0.354. The maximum atomic E-state index is 12.6. The fourth-order valence-corrected chi connectivity index (χ4v) is 4.16. The average Bonchev–Trinajstić information content (AvgIpc) is 2.63. The number of nitrogens with zero attached hydrogens (tertiary/aromatic N) is 3. The zero-order valence-corrected chi connectivity index (χ0v) is 15.3. The Morgan fingerprint density at radius 1 is 1.48 bits per heavy atom. The molecule has 1 aromatic heterocycles. The van der Waals surface area contributed by atoms with Crippen LogP contribution in [-0.2, 0) is 19.2 Å². The van der Waals surface area contributed by atoms with E-state index < -0.39 is 29.2 Å². The SMILES string of the molecule is CON=C(C(=O)NC1C(=O)N2C(C(=O)O)=C(C)CS[C@@H]12)c1cccc(N)n1. The number of fused-ring (bicyclic) bond motifs is 1. The highest BCUT2D eigenvalue weighted by Crippen LogP contribution is 2.40.